The summed E-state index contributed by atoms with van der Waals surface area (Å²) >= 11 is 0. The average molecular weight is 393 g/mol. The van der Waals surface area contributed by atoms with Crippen molar-refractivity contribution in [3.05, 3.63) is 70.8 Å². The SMILES string of the molecule is CCCCCCCCc1ccc(CCCCCCCC)c(Cc2ccccc2)c1. The standard InChI is InChI=1S/C29H44/c1-3-5-7-9-11-14-20-27-22-23-28(21-17-12-10-8-6-4-2)29(25-27)24-26-18-15-13-16-19-26/h13,15-16,18-19,22-23,25H,3-12,14,17,20-21,24H2,1-2H3. The molecule has 2 aromatic rings. The quantitative estimate of drug-likeness (QED) is 0.250. The molecule has 0 fully saturated rings. The third-order valence-corrected chi connectivity index (χ3v) is 6.13. The van der Waals surface area contributed by atoms with Crippen molar-refractivity contribution in [2.24, 2.45) is 0 Å². The Labute approximate surface area is 181 Å². The van der Waals surface area contributed by atoms with E-state index in [-0.39, 0.29) is 0 Å². The molecule has 0 radical (unpaired) electrons. The largest absolute Gasteiger partial charge is 0.0654 e. The molecule has 0 atom stereocenters. The molecule has 0 aliphatic carbocycles. The molecule has 0 heteroatoms. The van der Waals surface area contributed by atoms with E-state index in [2.05, 4.69) is 62.4 Å². The number of rotatable bonds is 16. The maximum atomic E-state index is 2.52. The second-order valence-electron chi connectivity index (χ2n) is 8.80. The summed E-state index contributed by atoms with van der Waals surface area (Å²) in [5.41, 5.74) is 6.12. The minimum atomic E-state index is 1.08. The molecule has 0 saturated heterocycles. The van der Waals surface area contributed by atoms with Gasteiger partial charge in [0.25, 0.3) is 0 Å². The molecule has 0 saturated carbocycles. The van der Waals surface area contributed by atoms with Crippen molar-refractivity contribution in [2.45, 2.75) is 110 Å². The van der Waals surface area contributed by atoms with Crippen LogP contribution in [0.15, 0.2) is 48.5 Å². The molecule has 0 N–H and O–H groups in total. The van der Waals surface area contributed by atoms with Gasteiger partial charge in [0.05, 0.1) is 0 Å². The Bertz CT molecular complexity index is 640. The van der Waals surface area contributed by atoms with Crippen molar-refractivity contribution in [3.8, 4) is 0 Å². The van der Waals surface area contributed by atoms with E-state index < -0.39 is 0 Å². The van der Waals surface area contributed by atoms with Gasteiger partial charge in [0.1, 0.15) is 0 Å². The number of hydrogen-bond acceptors (Lipinski definition) is 0. The fourth-order valence-corrected chi connectivity index (χ4v) is 4.26. The molecule has 0 aliphatic heterocycles. The molecule has 0 bridgehead atoms. The van der Waals surface area contributed by atoms with Crippen LogP contribution in [0.3, 0.4) is 0 Å². The molecule has 0 spiro atoms. The van der Waals surface area contributed by atoms with Gasteiger partial charge in [-0.1, -0.05) is 127 Å². The van der Waals surface area contributed by atoms with Crippen molar-refractivity contribution in [1.29, 1.82) is 0 Å². The van der Waals surface area contributed by atoms with Gasteiger partial charge in [0.2, 0.25) is 0 Å². The third-order valence-electron chi connectivity index (χ3n) is 6.13. The number of benzene rings is 2. The van der Waals surface area contributed by atoms with E-state index >= 15 is 0 Å². The molecule has 2 rings (SSSR count). The van der Waals surface area contributed by atoms with Gasteiger partial charge in [0.15, 0.2) is 0 Å². The molecule has 160 valence electrons. The van der Waals surface area contributed by atoms with Gasteiger partial charge in [-0.15, -0.1) is 0 Å². The van der Waals surface area contributed by atoms with Crippen LogP contribution in [0.25, 0.3) is 0 Å². The minimum absolute atomic E-state index is 1.08. The molecule has 0 aliphatic rings. The third kappa shape index (κ3) is 10.2. The lowest BCUT2D eigenvalue weighted by atomic mass is 9.92. The topological polar surface area (TPSA) is 0 Å². The summed E-state index contributed by atoms with van der Waals surface area (Å²) in [6, 6.07) is 18.4. The minimum Gasteiger partial charge on any atom is -0.0654 e. The molecular formula is C29H44. The van der Waals surface area contributed by atoms with E-state index in [1.54, 1.807) is 11.1 Å². The zero-order chi connectivity index (χ0) is 20.6. The summed E-state index contributed by atoms with van der Waals surface area (Å²) in [4.78, 5) is 0. The highest BCUT2D eigenvalue weighted by Gasteiger charge is 2.06. The fraction of sp³-hybridized carbons (Fsp3) is 0.586. The van der Waals surface area contributed by atoms with Crippen LogP contribution in [0.1, 0.15) is 113 Å². The van der Waals surface area contributed by atoms with Crippen molar-refractivity contribution in [1.82, 2.24) is 0 Å². The Morgan fingerprint density at radius 1 is 0.483 bits per heavy atom. The first-order valence-corrected chi connectivity index (χ1v) is 12.5. The second kappa shape index (κ2) is 15.3. The van der Waals surface area contributed by atoms with Crippen LogP contribution in [-0.2, 0) is 19.3 Å². The van der Waals surface area contributed by atoms with Crippen molar-refractivity contribution >= 4 is 0 Å². The Morgan fingerprint density at radius 2 is 1.07 bits per heavy atom. The van der Waals surface area contributed by atoms with Gasteiger partial charge in [0, 0.05) is 0 Å². The van der Waals surface area contributed by atoms with E-state index in [0.717, 1.165) is 6.42 Å². The summed E-state index contributed by atoms with van der Waals surface area (Å²) in [5, 5.41) is 0. The Hall–Kier alpha value is -1.56. The first-order chi connectivity index (χ1) is 14.3. The smallest absolute Gasteiger partial charge is 0.00229 e. The highest BCUT2D eigenvalue weighted by atomic mass is 14.1. The van der Waals surface area contributed by atoms with Gasteiger partial charge in [-0.05, 0) is 54.4 Å². The van der Waals surface area contributed by atoms with Gasteiger partial charge in [-0.3, -0.25) is 0 Å². The van der Waals surface area contributed by atoms with Crippen LogP contribution >= 0.6 is 0 Å². The van der Waals surface area contributed by atoms with Crippen molar-refractivity contribution in [2.75, 3.05) is 0 Å². The van der Waals surface area contributed by atoms with E-state index in [4.69, 9.17) is 0 Å². The number of hydrogen-bond donors (Lipinski definition) is 0. The van der Waals surface area contributed by atoms with Crippen LogP contribution in [0, 0.1) is 0 Å². The van der Waals surface area contributed by atoms with Gasteiger partial charge < -0.3 is 0 Å². The summed E-state index contributed by atoms with van der Waals surface area (Å²) in [5.74, 6) is 0. The Morgan fingerprint density at radius 3 is 1.72 bits per heavy atom. The van der Waals surface area contributed by atoms with Crippen LogP contribution < -0.4 is 0 Å². The lowest BCUT2D eigenvalue weighted by molar-refractivity contribution is 0.605. The molecule has 0 unspecified atom stereocenters. The van der Waals surface area contributed by atoms with Gasteiger partial charge in [-0.25, -0.2) is 0 Å². The molecule has 0 heterocycles. The predicted molar refractivity (Wildman–Crippen MR) is 130 cm³/mol. The summed E-state index contributed by atoms with van der Waals surface area (Å²) in [6.07, 6.45) is 20.1. The monoisotopic (exact) mass is 392 g/mol. The Kier molecular flexibility index (Phi) is 12.5. The number of unbranched alkanes of at least 4 members (excludes halogenated alkanes) is 10. The molecule has 2 aromatic carbocycles. The normalized spacial score (nSPS) is 11.1. The van der Waals surface area contributed by atoms with E-state index in [1.165, 1.54) is 101 Å². The summed E-state index contributed by atoms with van der Waals surface area (Å²) in [6.45, 7) is 4.59. The first kappa shape index (κ1) is 23.7. The number of aryl methyl sites for hydroxylation is 2. The average Bonchev–Trinajstić information content (AvgIpc) is 2.75. The zero-order valence-electron chi connectivity index (χ0n) is 19.2. The van der Waals surface area contributed by atoms with E-state index in [9.17, 15) is 0 Å². The van der Waals surface area contributed by atoms with Crippen molar-refractivity contribution < 1.29 is 0 Å². The lowest BCUT2D eigenvalue weighted by Gasteiger charge is -2.13. The Balaban J connectivity index is 1.91. The molecule has 0 aromatic heterocycles. The maximum absolute atomic E-state index is 2.52. The lowest BCUT2D eigenvalue weighted by Crippen LogP contribution is -1.99. The predicted octanol–water partition coefficient (Wildman–Crippen LogP) is 9.08. The second-order valence-corrected chi connectivity index (χ2v) is 8.80. The fourth-order valence-electron chi connectivity index (χ4n) is 4.26. The zero-order valence-corrected chi connectivity index (χ0v) is 19.2. The summed E-state index contributed by atoms with van der Waals surface area (Å²) < 4.78 is 0. The van der Waals surface area contributed by atoms with Crippen LogP contribution in [-0.4, -0.2) is 0 Å². The van der Waals surface area contributed by atoms with Gasteiger partial charge in [-0.2, -0.15) is 0 Å². The molecule has 29 heavy (non-hydrogen) atoms. The molecule has 0 amide bonds. The highest BCUT2D eigenvalue weighted by molar-refractivity contribution is 5.36. The molecule has 0 nitrogen and oxygen atoms in total. The van der Waals surface area contributed by atoms with Crippen LogP contribution in [0.4, 0.5) is 0 Å². The molecular weight excluding hydrogens is 348 g/mol. The van der Waals surface area contributed by atoms with E-state index in [1.807, 2.05) is 0 Å². The van der Waals surface area contributed by atoms with Crippen LogP contribution in [0.2, 0.25) is 0 Å². The van der Waals surface area contributed by atoms with Crippen LogP contribution in [0.5, 0.6) is 0 Å². The van der Waals surface area contributed by atoms with Gasteiger partial charge >= 0.3 is 0 Å². The van der Waals surface area contributed by atoms with Crippen molar-refractivity contribution in [3.63, 3.8) is 0 Å². The summed E-state index contributed by atoms with van der Waals surface area (Å²) in [7, 11) is 0. The van der Waals surface area contributed by atoms with E-state index in [0.29, 0.717) is 0 Å². The highest BCUT2D eigenvalue weighted by Crippen LogP contribution is 2.21. The first-order valence-electron chi connectivity index (χ1n) is 12.5. The maximum Gasteiger partial charge on any atom is -0.00229 e.